The van der Waals surface area contributed by atoms with Gasteiger partial charge in [0.05, 0.1) is 43.4 Å². The number of aromatic hydroxyl groups is 1. The minimum atomic E-state index is -0.871. The third-order valence-electron chi connectivity index (χ3n) is 4.52. The maximum Gasteiger partial charge on any atom is 0.290 e. The van der Waals surface area contributed by atoms with Crippen molar-refractivity contribution in [1.29, 1.82) is 0 Å². The summed E-state index contributed by atoms with van der Waals surface area (Å²) in [6.07, 6.45) is 0. The first-order valence-corrected chi connectivity index (χ1v) is 9.75. The molecule has 9 heteroatoms. The van der Waals surface area contributed by atoms with E-state index in [0.29, 0.717) is 10.4 Å². The van der Waals surface area contributed by atoms with Gasteiger partial charge in [0.1, 0.15) is 0 Å². The SMILES string of the molecule is COc1cc([C@@H]2C(C(=O)c3cccs3)=C(O)C(=O)N2CCOCCO)ccc1O. The molecule has 2 heterocycles. The molecule has 3 N–H and O–H groups in total. The molecular weight excluding hydrogens is 398 g/mol. The molecule has 0 bridgehead atoms. The Morgan fingerprint density at radius 2 is 2.03 bits per heavy atom. The summed E-state index contributed by atoms with van der Waals surface area (Å²) >= 11 is 1.21. The number of Topliss-reactive ketones (excluding diaryl/α,β-unsaturated/α-hetero) is 1. The zero-order chi connectivity index (χ0) is 21.0. The highest BCUT2D eigenvalue weighted by molar-refractivity contribution is 7.12. The summed E-state index contributed by atoms with van der Waals surface area (Å²) in [5.41, 5.74) is 0.464. The van der Waals surface area contributed by atoms with E-state index in [1.54, 1.807) is 23.6 Å². The molecule has 1 aliphatic heterocycles. The minimum Gasteiger partial charge on any atom is -0.504 e. The molecule has 1 aromatic heterocycles. The van der Waals surface area contributed by atoms with Crippen molar-refractivity contribution < 1.29 is 34.4 Å². The molecule has 1 amide bonds. The Balaban J connectivity index is 2.02. The van der Waals surface area contributed by atoms with Crippen molar-refractivity contribution in [2.75, 3.05) is 33.5 Å². The molecule has 8 nitrogen and oxygen atoms in total. The highest BCUT2D eigenvalue weighted by Crippen LogP contribution is 2.41. The van der Waals surface area contributed by atoms with Crippen LogP contribution < -0.4 is 4.74 Å². The maximum atomic E-state index is 13.1. The highest BCUT2D eigenvalue weighted by Gasteiger charge is 2.44. The third kappa shape index (κ3) is 4.12. The topological polar surface area (TPSA) is 117 Å². The number of ketones is 1. The van der Waals surface area contributed by atoms with Crippen LogP contribution in [0.1, 0.15) is 21.3 Å². The molecule has 0 saturated carbocycles. The predicted octanol–water partition coefficient (Wildman–Crippen LogP) is 2.05. The Morgan fingerprint density at radius 1 is 1.24 bits per heavy atom. The second-order valence-corrected chi connectivity index (χ2v) is 7.18. The number of carbonyl (C=O) groups is 2. The third-order valence-corrected chi connectivity index (χ3v) is 5.39. The van der Waals surface area contributed by atoms with Crippen LogP contribution in [-0.2, 0) is 9.53 Å². The van der Waals surface area contributed by atoms with E-state index in [2.05, 4.69) is 0 Å². The van der Waals surface area contributed by atoms with Crippen LogP contribution in [0, 0.1) is 0 Å². The highest BCUT2D eigenvalue weighted by atomic mass is 32.1. The van der Waals surface area contributed by atoms with E-state index in [-0.39, 0.29) is 43.4 Å². The molecule has 0 radical (unpaired) electrons. The number of hydrogen-bond acceptors (Lipinski definition) is 8. The van der Waals surface area contributed by atoms with Gasteiger partial charge in [-0.1, -0.05) is 12.1 Å². The van der Waals surface area contributed by atoms with Crippen LogP contribution in [0.15, 0.2) is 47.0 Å². The molecule has 0 saturated heterocycles. The molecule has 0 spiro atoms. The van der Waals surface area contributed by atoms with E-state index >= 15 is 0 Å². The quantitative estimate of drug-likeness (QED) is 0.421. The van der Waals surface area contributed by atoms with Crippen molar-refractivity contribution in [2.24, 2.45) is 0 Å². The van der Waals surface area contributed by atoms with Crippen LogP contribution in [0.4, 0.5) is 0 Å². The van der Waals surface area contributed by atoms with Gasteiger partial charge in [0.15, 0.2) is 17.3 Å². The van der Waals surface area contributed by atoms with Crippen LogP contribution in [0.2, 0.25) is 0 Å². The summed E-state index contributed by atoms with van der Waals surface area (Å²) in [4.78, 5) is 27.5. The van der Waals surface area contributed by atoms with E-state index in [4.69, 9.17) is 14.6 Å². The van der Waals surface area contributed by atoms with Crippen molar-refractivity contribution >= 4 is 23.0 Å². The summed E-state index contributed by atoms with van der Waals surface area (Å²) in [7, 11) is 1.39. The number of aliphatic hydroxyl groups is 2. The average molecular weight is 419 g/mol. The molecule has 0 fully saturated rings. The fraction of sp³-hybridized carbons (Fsp3) is 0.300. The predicted molar refractivity (Wildman–Crippen MR) is 105 cm³/mol. The largest absolute Gasteiger partial charge is 0.504 e. The minimum absolute atomic E-state index is 0.0349. The van der Waals surface area contributed by atoms with Gasteiger partial charge in [0, 0.05) is 6.54 Å². The van der Waals surface area contributed by atoms with Crippen LogP contribution in [0.25, 0.3) is 0 Å². The Kier molecular flexibility index (Phi) is 6.53. The molecule has 1 aliphatic rings. The summed E-state index contributed by atoms with van der Waals surface area (Å²) < 4.78 is 10.4. The Morgan fingerprint density at radius 3 is 2.69 bits per heavy atom. The lowest BCUT2D eigenvalue weighted by Gasteiger charge is -2.27. The molecule has 2 aromatic rings. The number of ether oxygens (including phenoxy) is 2. The van der Waals surface area contributed by atoms with E-state index in [1.165, 1.54) is 35.5 Å². The second kappa shape index (κ2) is 9.08. The number of nitrogens with zero attached hydrogens (tertiary/aromatic N) is 1. The number of benzene rings is 1. The summed E-state index contributed by atoms with van der Waals surface area (Å²) in [6.45, 7) is 0.169. The average Bonchev–Trinajstić information content (AvgIpc) is 3.34. The normalized spacial score (nSPS) is 16.6. The first-order chi connectivity index (χ1) is 14.0. The number of phenolic OH excluding ortho intramolecular Hbond substituents is 1. The number of amides is 1. The standard InChI is InChI=1S/C20H21NO7S/c1-27-14-11-12(4-5-13(14)23)17-16(18(24)15-3-2-10-29-15)19(25)20(26)21(17)6-8-28-9-7-22/h2-5,10-11,17,22-23,25H,6-9H2,1H3/t17-/m1/s1. The number of thiophene rings is 1. The van der Waals surface area contributed by atoms with Gasteiger partial charge in [0.2, 0.25) is 5.78 Å². The molecule has 154 valence electrons. The number of methoxy groups -OCH3 is 1. The lowest BCUT2D eigenvalue weighted by molar-refractivity contribution is -0.130. The zero-order valence-corrected chi connectivity index (χ0v) is 16.5. The maximum absolute atomic E-state index is 13.1. The zero-order valence-electron chi connectivity index (χ0n) is 15.7. The van der Waals surface area contributed by atoms with Crippen LogP contribution in [0.5, 0.6) is 11.5 Å². The number of hydrogen-bond donors (Lipinski definition) is 3. The van der Waals surface area contributed by atoms with E-state index in [1.807, 2.05) is 0 Å². The lowest BCUT2D eigenvalue weighted by Crippen LogP contribution is -2.34. The number of rotatable bonds is 9. The lowest BCUT2D eigenvalue weighted by atomic mass is 9.95. The van der Waals surface area contributed by atoms with E-state index in [9.17, 15) is 19.8 Å². The molecule has 3 rings (SSSR count). The summed E-state index contributed by atoms with van der Waals surface area (Å²) in [5, 5.41) is 31.0. The van der Waals surface area contributed by atoms with Gasteiger partial charge in [0.25, 0.3) is 5.91 Å². The van der Waals surface area contributed by atoms with Gasteiger partial charge in [-0.3, -0.25) is 9.59 Å². The fourth-order valence-electron chi connectivity index (χ4n) is 3.20. The summed E-state index contributed by atoms with van der Waals surface area (Å²) in [5.74, 6) is -1.64. The Labute approximate surface area is 171 Å². The summed E-state index contributed by atoms with van der Waals surface area (Å²) in [6, 6.07) is 6.96. The molecular formula is C20H21NO7S. The van der Waals surface area contributed by atoms with Crippen LogP contribution in [-0.4, -0.2) is 65.4 Å². The van der Waals surface area contributed by atoms with Crippen molar-refractivity contribution in [3.63, 3.8) is 0 Å². The van der Waals surface area contributed by atoms with Gasteiger partial charge < -0.3 is 29.7 Å². The number of carbonyl (C=O) groups excluding carboxylic acids is 2. The van der Waals surface area contributed by atoms with E-state index in [0.717, 1.165) is 0 Å². The molecule has 0 aliphatic carbocycles. The van der Waals surface area contributed by atoms with Crippen molar-refractivity contribution in [1.82, 2.24) is 4.90 Å². The molecule has 1 aromatic carbocycles. The first-order valence-electron chi connectivity index (χ1n) is 8.87. The van der Waals surface area contributed by atoms with Crippen molar-refractivity contribution in [2.45, 2.75) is 6.04 Å². The van der Waals surface area contributed by atoms with Gasteiger partial charge in [-0.2, -0.15) is 0 Å². The van der Waals surface area contributed by atoms with Crippen molar-refractivity contribution in [3.05, 3.63) is 57.5 Å². The number of phenols is 1. The first kappa shape index (κ1) is 20.8. The van der Waals surface area contributed by atoms with Crippen LogP contribution in [0.3, 0.4) is 0 Å². The smallest absolute Gasteiger partial charge is 0.290 e. The fourth-order valence-corrected chi connectivity index (χ4v) is 3.87. The van der Waals surface area contributed by atoms with Gasteiger partial charge in [-0.15, -0.1) is 11.3 Å². The van der Waals surface area contributed by atoms with Gasteiger partial charge in [-0.05, 0) is 29.1 Å². The monoisotopic (exact) mass is 419 g/mol. The van der Waals surface area contributed by atoms with Gasteiger partial charge >= 0.3 is 0 Å². The number of aliphatic hydroxyl groups excluding tert-OH is 2. The Bertz CT molecular complexity index is 923. The Hall–Kier alpha value is -2.88. The molecule has 29 heavy (non-hydrogen) atoms. The molecule has 0 unspecified atom stereocenters. The van der Waals surface area contributed by atoms with Gasteiger partial charge in [-0.25, -0.2) is 0 Å². The second-order valence-electron chi connectivity index (χ2n) is 6.24. The van der Waals surface area contributed by atoms with Crippen LogP contribution >= 0.6 is 11.3 Å². The van der Waals surface area contributed by atoms with Crippen molar-refractivity contribution in [3.8, 4) is 11.5 Å². The molecule has 1 atom stereocenters. The van der Waals surface area contributed by atoms with E-state index < -0.39 is 23.5 Å².